The molecule has 0 amide bonds. The Kier molecular flexibility index (Phi) is 3.46. The molecule has 90 valence electrons. The minimum Gasteiger partial charge on any atom is -0.418 e. The van der Waals surface area contributed by atoms with Gasteiger partial charge in [0.25, 0.3) is 0 Å². The molecule has 0 fully saturated rings. The Balaban J connectivity index is 2.22. The van der Waals surface area contributed by atoms with Crippen molar-refractivity contribution in [3.63, 3.8) is 0 Å². The molecule has 17 heavy (non-hydrogen) atoms. The van der Waals surface area contributed by atoms with Crippen molar-refractivity contribution in [3.05, 3.63) is 30.4 Å². The van der Waals surface area contributed by atoms with Crippen LogP contribution in [0, 0.1) is 0 Å². The zero-order valence-electron chi connectivity index (χ0n) is 9.45. The third kappa shape index (κ3) is 2.48. The third-order valence-corrected chi connectivity index (χ3v) is 2.48. The van der Waals surface area contributed by atoms with Crippen molar-refractivity contribution in [2.24, 2.45) is 5.73 Å². The summed E-state index contributed by atoms with van der Waals surface area (Å²) in [5.41, 5.74) is 6.42. The summed E-state index contributed by atoms with van der Waals surface area (Å²) < 4.78 is 5.36. The molecule has 0 aliphatic heterocycles. The SMILES string of the molecule is CCC(N)[C@H](O)c1nnc(-c2cccnc2)o1. The smallest absolute Gasteiger partial charge is 0.249 e. The van der Waals surface area contributed by atoms with Crippen LogP contribution in [0.4, 0.5) is 0 Å². The molecule has 2 aromatic heterocycles. The zero-order chi connectivity index (χ0) is 12.3. The van der Waals surface area contributed by atoms with Crippen LogP contribution in [0.25, 0.3) is 11.5 Å². The fraction of sp³-hybridized carbons (Fsp3) is 0.364. The average Bonchev–Trinajstić information content (AvgIpc) is 2.87. The molecule has 0 spiro atoms. The molecule has 2 rings (SSSR count). The quantitative estimate of drug-likeness (QED) is 0.815. The molecule has 3 N–H and O–H groups in total. The van der Waals surface area contributed by atoms with Crippen molar-refractivity contribution in [2.45, 2.75) is 25.5 Å². The maximum absolute atomic E-state index is 9.81. The lowest BCUT2D eigenvalue weighted by Crippen LogP contribution is -2.27. The van der Waals surface area contributed by atoms with Crippen LogP contribution in [-0.4, -0.2) is 26.3 Å². The lowest BCUT2D eigenvalue weighted by molar-refractivity contribution is 0.114. The first kappa shape index (κ1) is 11.7. The summed E-state index contributed by atoms with van der Waals surface area (Å²) in [4.78, 5) is 3.95. The Labute approximate surface area is 98.5 Å². The third-order valence-electron chi connectivity index (χ3n) is 2.48. The number of hydrogen-bond acceptors (Lipinski definition) is 6. The number of hydrogen-bond donors (Lipinski definition) is 2. The van der Waals surface area contributed by atoms with Crippen LogP contribution in [0.5, 0.6) is 0 Å². The summed E-state index contributed by atoms with van der Waals surface area (Å²) >= 11 is 0. The minimum absolute atomic E-state index is 0.137. The Morgan fingerprint density at radius 2 is 2.29 bits per heavy atom. The van der Waals surface area contributed by atoms with Crippen LogP contribution in [0.1, 0.15) is 25.3 Å². The van der Waals surface area contributed by atoms with Crippen LogP contribution in [0.2, 0.25) is 0 Å². The standard InChI is InChI=1S/C11H14N4O2/c1-2-8(12)9(16)11-15-14-10(17-11)7-4-3-5-13-6-7/h3-6,8-9,16H,2,12H2,1H3/t8?,9-/m0/s1. The van der Waals surface area contributed by atoms with Gasteiger partial charge in [0.05, 0.1) is 5.56 Å². The average molecular weight is 234 g/mol. The van der Waals surface area contributed by atoms with Crippen LogP contribution < -0.4 is 5.73 Å². The molecule has 2 heterocycles. The topological polar surface area (TPSA) is 98.1 Å². The number of pyridine rings is 1. The molecular weight excluding hydrogens is 220 g/mol. The molecule has 2 aromatic rings. The first-order valence-corrected chi connectivity index (χ1v) is 5.39. The molecule has 0 saturated heterocycles. The number of aliphatic hydroxyl groups excluding tert-OH is 1. The van der Waals surface area contributed by atoms with E-state index in [4.69, 9.17) is 10.2 Å². The molecule has 6 heteroatoms. The van der Waals surface area contributed by atoms with Gasteiger partial charge in [-0.05, 0) is 18.6 Å². The monoisotopic (exact) mass is 234 g/mol. The van der Waals surface area contributed by atoms with Gasteiger partial charge in [-0.15, -0.1) is 10.2 Å². The van der Waals surface area contributed by atoms with E-state index in [1.165, 1.54) is 0 Å². The second-order valence-corrected chi connectivity index (χ2v) is 3.70. The molecule has 0 aliphatic rings. The van der Waals surface area contributed by atoms with Crippen LogP contribution >= 0.6 is 0 Å². The molecule has 0 radical (unpaired) electrons. The molecule has 0 bridgehead atoms. The Morgan fingerprint density at radius 3 is 2.94 bits per heavy atom. The highest BCUT2D eigenvalue weighted by molar-refractivity contribution is 5.49. The lowest BCUT2D eigenvalue weighted by atomic mass is 10.1. The number of nitrogens with two attached hydrogens (primary N) is 1. The Hall–Kier alpha value is -1.79. The molecule has 0 saturated carbocycles. The Bertz CT molecular complexity index is 471. The predicted molar refractivity (Wildman–Crippen MR) is 60.8 cm³/mol. The van der Waals surface area contributed by atoms with E-state index in [9.17, 15) is 5.11 Å². The maximum Gasteiger partial charge on any atom is 0.249 e. The highest BCUT2D eigenvalue weighted by Crippen LogP contribution is 2.21. The van der Waals surface area contributed by atoms with Gasteiger partial charge in [0.2, 0.25) is 11.8 Å². The van der Waals surface area contributed by atoms with Crippen molar-refractivity contribution in [1.29, 1.82) is 0 Å². The van der Waals surface area contributed by atoms with E-state index in [0.717, 1.165) is 0 Å². The van der Waals surface area contributed by atoms with Crippen LogP contribution in [0.15, 0.2) is 28.9 Å². The van der Waals surface area contributed by atoms with Gasteiger partial charge in [-0.1, -0.05) is 6.92 Å². The van der Waals surface area contributed by atoms with E-state index in [-0.39, 0.29) is 5.89 Å². The van der Waals surface area contributed by atoms with Gasteiger partial charge in [0.1, 0.15) is 6.10 Å². The normalized spacial score (nSPS) is 14.5. The Morgan fingerprint density at radius 1 is 1.47 bits per heavy atom. The molecule has 0 aromatic carbocycles. The highest BCUT2D eigenvalue weighted by Gasteiger charge is 2.21. The molecule has 2 atom stereocenters. The molecule has 0 aliphatic carbocycles. The highest BCUT2D eigenvalue weighted by atomic mass is 16.4. The van der Waals surface area contributed by atoms with Crippen molar-refractivity contribution >= 4 is 0 Å². The van der Waals surface area contributed by atoms with Gasteiger partial charge in [0, 0.05) is 18.4 Å². The van der Waals surface area contributed by atoms with Crippen LogP contribution in [-0.2, 0) is 0 Å². The van der Waals surface area contributed by atoms with Crippen molar-refractivity contribution in [2.75, 3.05) is 0 Å². The fourth-order valence-corrected chi connectivity index (χ4v) is 1.37. The predicted octanol–water partition coefficient (Wildman–Crippen LogP) is 0.902. The minimum atomic E-state index is -0.932. The largest absolute Gasteiger partial charge is 0.418 e. The second-order valence-electron chi connectivity index (χ2n) is 3.70. The first-order chi connectivity index (χ1) is 8.22. The second kappa shape index (κ2) is 5.03. The summed E-state index contributed by atoms with van der Waals surface area (Å²) in [6, 6.07) is 3.17. The van der Waals surface area contributed by atoms with Crippen molar-refractivity contribution in [3.8, 4) is 11.5 Å². The molecular formula is C11H14N4O2. The maximum atomic E-state index is 9.81. The number of aromatic nitrogens is 3. The summed E-state index contributed by atoms with van der Waals surface area (Å²) in [5.74, 6) is 0.466. The summed E-state index contributed by atoms with van der Waals surface area (Å²) in [6.45, 7) is 1.88. The van der Waals surface area contributed by atoms with E-state index in [1.54, 1.807) is 24.5 Å². The van der Waals surface area contributed by atoms with E-state index in [2.05, 4.69) is 15.2 Å². The summed E-state index contributed by atoms with van der Waals surface area (Å²) in [5, 5.41) is 17.5. The first-order valence-electron chi connectivity index (χ1n) is 5.39. The van der Waals surface area contributed by atoms with Gasteiger partial charge < -0.3 is 15.3 Å². The molecule has 6 nitrogen and oxygen atoms in total. The number of aliphatic hydroxyl groups is 1. The van der Waals surface area contributed by atoms with Gasteiger partial charge in [-0.3, -0.25) is 4.98 Å². The number of nitrogens with zero attached hydrogens (tertiary/aromatic N) is 3. The summed E-state index contributed by atoms with van der Waals surface area (Å²) in [7, 11) is 0. The van der Waals surface area contributed by atoms with Gasteiger partial charge in [-0.2, -0.15) is 0 Å². The van der Waals surface area contributed by atoms with Crippen LogP contribution in [0.3, 0.4) is 0 Å². The van der Waals surface area contributed by atoms with E-state index >= 15 is 0 Å². The van der Waals surface area contributed by atoms with Gasteiger partial charge in [-0.25, -0.2) is 0 Å². The van der Waals surface area contributed by atoms with E-state index < -0.39 is 12.1 Å². The van der Waals surface area contributed by atoms with Crippen molar-refractivity contribution in [1.82, 2.24) is 15.2 Å². The van der Waals surface area contributed by atoms with Gasteiger partial charge >= 0.3 is 0 Å². The summed E-state index contributed by atoms with van der Waals surface area (Å²) in [6.07, 6.45) is 2.97. The van der Waals surface area contributed by atoms with E-state index in [0.29, 0.717) is 17.9 Å². The van der Waals surface area contributed by atoms with Crippen molar-refractivity contribution < 1.29 is 9.52 Å². The number of rotatable bonds is 4. The lowest BCUT2D eigenvalue weighted by Gasteiger charge is -2.12. The molecule has 1 unspecified atom stereocenters. The fourth-order valence-electron chi connectivity index (χ4n) is 1.37. The van der Waals surface area contributed by atoms with E-state index in [1.807, 2.05) is 6.92 Å². The van der Waals surface area contributed by atoms with Gasteiger partial charge in [0.15, 0.2) is 0 Å². The zero-order valence-corrected chi connectivity index (χ0v) is 9.45.